The molecular formula is C10H11N3O2S. The largest absolute Gasteiger partial charge is 0.481 e. The van der Waals surface area contributed by atoms with E-state index < -0.39 is 5.97 Å². The number of carboxylic acid groups (broad SMARTS) is 1. The van der Waals surface area contributed by atoms with Crippen molar-refractivity contribution >= 4 is 23.6 Å². The fourth-order valence-electron chi connectivity index (χ4n) is 1.39. The summed E-state index contributed by atoms with van der Waals surface area (Å²) in [6.45, 7) is 1.58. The van der Waals surface area contributed by atoms with E-state index in [-0.39, 0.29) is 5.75 Å². The number of pyridine rings is 1. The fourth-order valence-corrected chi connectivity index (χ4v) is 2.11. The van der Waals surface area contributed by atoms with Crippen molar-refractivity contribution in [3.8, 4) is 0 Å². The van der Waals surface area contributed by atoms with Gasteiger partial charge in [0.25, 0.3) is 0 Å². The van der Waals surface area contributed by atoms with Gasteiger partial charge in [-0.1, -0.05) is 11.8 Å². The van der Waals surface area contributed by atoms with Gasteiger partial charge in [0.15, 0.2) is 0 Å². The van der Waals surface area contributed by atoms with E-state index in [0.717, 1.165) is 24.5 Å². The van der Waals surface area contributed by atoms with Gasteiger partial charge in [-0.25, -0.2) is 4.98 Å². The van der Waals surface area contributed by atoms with Crippen LogP contribution in [0.25, 0.3) is 0 Å². The number of aromatic nitrogens is 1. The molecule has 0 bridgehead atoms. The SMILES string of the molecule is O=C(O)CSc1ncccc1C1=NCCN1. The van der Waals surface area contributed by atoms with Gasteiger partial charge in [-0.15, -0.1) is 0 Å². The standard InChI is InChI=1S/C10H11N3O2S/c14-8(15)6-16-10-7(2-1-3-13-10)9-11-4-5-12-9/h1-3H,4-6H2,(H,11,12)(H,14,15). The molecule has 0 fully saturated rings. The van der Waals surface area contributed by atoms with Gasteiger partial charge >= 0.3 is 5.97 Å². The van der Waals surface area contributed by atoms with Gasteiger partial charge < -0.3 is 10.4 Å². The Kier molecular flexibility index (Phi) is 3.40. The van der Waals surface area contributed by atoms with Crippen molar-refractivity contribution in [2.45, 2.75) is 5.03 Å². The zero-order chi connectivity index (χ0) is 11.4. The van der Waals surface area contributed by atoms with Crippen molar-refractivity contribution in [1.29, 1.82) is 0 Å². The first-order valence-electron chi connectivity index (χ1n) is 4.85. The van der Waals surface area contributed by atoms with Crippen molar-refractivity contribution in [1.82, 2.24) is 10.3 Å². The lowest BCUT2D eigenvalue weighted by molar-refractivity contribution is -0.133. The minimum atomic E-state index is -0.845. The average Bonchev–Trinajstić information content (AvgIpc) is 2.80. The quantitative estimate of drug-likeness (QED) is 0.750. The third-order valence-electron chi connectivity index (χ3n) is 2.03. The topological polar surface area (TPSA) is 74.6 Å². The van der Waals surface area contributed by atoms with Gasteiger partial charge in [-0.2, -0.15) is 0 Å². The number of thioether (sulfide) groups is 1. The first kappa shape index (κ1) is 10.9. The van der Waals surface area contributed by atoms with Crippen LogP contribution in [0.5, 0.6) is 0 Å². The van der Waals surface area contributed by atoms with Crippen LogP contribution in [0.2, 0.25) is 0 Å². The molecule has 1 aromatic heterocycles. The molecule has 0 amide bonds. The van der Waals surface area contributed by atoms with E-state index in [1.165, 1.54) is 11.8 Å². The molecule has 0 saturated heterocycles. The second kappa shape index (κ2) is 4.98. The van der Waals surface area contributed by atoms with Crippen LogP contribution in [0, 0.1) is 0 Å². The summed E-state index contributed by atoms with van der Waals surface area (Å²) < 4.78 is 0. The molecule has 1 aromatic rings. The summed E-state index contributed by atoms with van der Waals surface area (Å²) in [6, 6.07) is 3.72. The van der Waals surface area contributed by atoms with Crippen LogP contribution in [0.4, 0.5) is 0 Å². The lowest BCUT2D eigenvalue weighted by Gasteiger charge is -2.06. The minimum absolute atomic E-state index is 0.0112. The van der Waals surface area contributed by atoms with Gasteiger partial charge in [0.05, 0.1) is 12.3 Å². The second-order valence-electron chi connectivity index (χ2n) is 3.20. The van der Waals surface area contributed by atoms with Crippen molar-refractivity contribution in [3.05, 3.63) is 23.9 Å². The van der Waals surface area contributed by atoms with Gasteiger partial charge in [0.1, 0.15) is 10.9 Å². The van der Waals surface area contributed by atoms with Crippen molar-refractivity contribution in [2.75, 3.05) is 18.8 Å². The monoisotopic (exact) mass is 237 g/mol. The maximum Gasteiger partial charge on any atom is 0.313 e. The number of amidine groups is 1. The highest BCUT2D eigenvalue weighted by Gasteiger charge is 2.14. The number of aliphatic imine (C=N–C) groups is 1. The number of carboxylic acids is 1. The number of hydrogen-bond donors (Lipinski definition) is 2. The number of aliphatic carboxylic acids is 1. The highest BCUT2D eigenvalue weighted by molar-refractivity contribution is 7.99. The van der Waals surface area contributed by atoms with E-state index in [1.54, 1.807) is 6.20 Å². The molecule has 0 aliphatic carbocycles. The summed E-state index contributed by atoms with van der Waals surface area (Å²) in [7, 11) is 0. The van der Waals surface area contributed by atoms with Gasteiger partial charge in [-0.3, -0.25) is 9.79 Å². The van der Waals surface area contributed by atoms with E-state index in [9.17, 15) is 4.79 Å². The van der Waals surface area contributed by atoms with Crippen LogP contribution in [-0.2, 0) is 4.79 Å². The molecule has 0 saturated carbocycles. The number of carbonyl (C=O) groups is 1. The van der Waals surface area contributed by atoms with E-state index in [4.69, 9.17) is 5.11 Å². The number of rotatable bonds is 4. The van der Waals surface area contributed by atoms with Crippen LogP contribution in [0.1, 0.15) is 5.56 Å². The van der Waals surface area contributed by atoms with Crippen LogP contribution in [0.15, 0.2) is 28.3 Å². The Balaban J connectivity index is 2.20. The third-order valence-corrected chi connectivity index (χ3v) is 3.02. The van der Waals surface area contributed by atoms with Crippen molar-refractivity contribution in [2.24, 2.45) is 4.99 Å². The van der Waals surface area contributed by atoms with Crippen LogP contribution in [0.3, 0.4) is 0 Å². The summed E-state index contributed by atoms with van der Waals surface area (Å²) in [5.74, 6) is -0.0268. The first-order valence-corrected chi connectivity index (χ1v) is 5.84. The Morgan fingerprint density at radius 1 is 1.62 bits per heavy atom. The normalized spacial score (nSPS) is 14.4. The number of nitrogens with one attached hydrogen (secondary N) is 1. The Hall–Kier alpha value is -1.56. The first-order chi connectivity index (χ1) is 7.77. The van der Waals surface area contributed by atoms with Crippen LogP contribution < -0.4 is 5.32 Å². The third kappa shape index (κ3) is 2.52. The molecule has 1 aliphatic heterocycles. The van der Waals surface area contributed by atoms with Crippen LogP contribution in [-0.4, -0.2) is 40.7 Å². The minimum Gasteiger partial charge on any atom is -0.481 e. The van der Waals surface area contributed by atoms with Gasteiger partial charge in [0.2, 0.25) is 0 Å². The zero-order valence-electron chi connectivity index (χ0n) is 8.51. The summed E-state index contributed by atoms with van der Waals surface area (Å²) >= 11 is 1.21. The van der Waals surface area contributed by atoms with Crippen LogP contribution >= 0.6 is 11.8 Å². The average molecular weight is 237 g/mol. The molecule has 1 aliphatic rings. The molecule has 5 nitrogen and oxygen atoms in total. The van der Waals surface area contributed by atoms with Gasteiger partial charge in [-0.05, 0) is 12.1 Å². The molecule has 0 spiro atoms. The predicted molar refractivity (Wildman–Crippen MR) is 62.0 cm³/mol. The molecule has 2 N–H and O–H groups in total. The molecule has 2 heterocycles. The summed E-state index contributed by atoms with van der Waals surface area (Å²) in [4.78, 5) is 19.0. The maximum atomic E-state index is 10.5. The van der Waals surface area contributed by atoms with E-state index in [2.05, 4.69) is 15.3 Å². The summed E-state index contributed by atoms with van der Waals surface area (Å²) in [6.07, 6.45) is 1.66. The highest BCUT2D eigenvalue weighted by atomic mass is 32.2. The molecule has 2 rings (SSSR count). The summed E-state index contributed by atoms with van der Waals surface area (Å²) in [5.41, 5.74) is 0.881. The zero-order valence-corrected chi connectivity index (χ0v) is 9.33. The van der Waals surface area contributed by atoms with E-state index >= 15 is 0 Å². The lowest BCUT2D eigenvalue weighted by Crippen LogP contribution is -2.20. The molecule has 84 valence electrons. The Bertz CT molecular complexity index is 434. The maximum absolute atomic E-state index is 10.5. The smallest absolute Gasteiger partial charge is 0.313 e. The molecule has 0 radical (unpaired) electrons. The molecular weight excluding hydrogens is 226 g/mol. The summed E-state index contributed by atoms with van der Waals surface area (Å²) in [5, 5.41) is 12.5. The van der Waals surface area contributed by atoms with Gasteiger partial charge in [0, 0.05) is 18.3 Å². The van der Waals surface area contributed by atoms with Crippen molar-refractivity contribution < 1.29 is 9.90 Å². The predicted octanol–water partition coefficient (Wildman–Crippen LogP) is 0.608. The second-order valence-corrected chi connectivity index (χ2v) is 4.16. The lowest BCUT2D eigenvalue weighted by atomic mass is 10.2. The molecule has 0 unspecified atom stereocenters. The Morgan fingerprint density at radius 3 is 3.19 bits per heavy atom. The highest BCUT2D eigenvalue weighted by Crippen LogP contribution is 2.20. The fraction of sp³-hybridized carbons (Fsp3) is 0.300. The number of hydrogen-bond acceptors (Lipinski definition) is 5. The Morgan fingerprint density at radius 2 is 2.50 bits per heavy atom. The van der Waals surface area contributed by atoms with E-state index in [1.807, 2.05) is 12.1 Å². The van der Waals surface area contributed by atoms with E-state index in [0.29, 0.717) is 5.03 Å². The molecule has 6 heteroatoms. The Labute approximate surface area is 97.0 Å². The molecule has 0 atom stereocenters. The number of nitrogens with zero attached hydrogens (tertiary/aromatic N) is 2. The molecule has 0 aromatic carbocycles. The molecule has 16 heavy (non-hydrogen) atoms. The van der Waals surface area contributed by atoms with Crippen molar-refractivity contribution in [3.63, 3.8) is 0 Å².